The van der Waals surface area contributed by atoms with E-state index >= 15 is 0 Å². The molecule has 3 heterocycles. The second-order valence-corrected chi connectivity index (χ2v) is 22.5. The first-order chi connectivity index (χ1) is 30.0. The third-order valence-corrected chi connectivity index (χ3v) is 22.6. The van der Waals surface area contributed by atoms with E-state index in [0.29, 0.717) is 0 Å². The summed E-state index contributed by atoms with van der Waals surface area (Å²) < 4.78 is 3.07. The van der Waals surface area contributed by atoms with Crippen LogP contribution in [0.2, 0.25) is 0 Å². The van der Waals surface area contributed by atoms with E-state index in [1.807, 2.05) is 0 Å². The van der Waals surface area contributed by atoms with Crippen molar-refractivity contribution in [2.45, 2.75) is 6.04 Å². The zero-order chi connectivity index (χ0) is 34.6. The molecule has 0 fully saturated rings. The Kier molecular flexibility index (Phi) is 1.48. The van der Waals surface area contributed by atoms with E-state index in [0.717, 1.165) is 0 Å². The highest BCUT2D eigenvalue weighted by Gasteiger charge is 2.53. The summed E-state index contributed by atoms with van der Waals surface area (Å²) >= 11 is 0. The van der Waals surface area contributed by atoms with Gasteiger partial charge in [0.1, 0.15) is 0 Å². The lowest BCUT2D eigenvalue weighted by molar-refractivity contribution is 0.756. The van der Waals surface area contributed by atoms with Crippen LogP contribution in [0.15, 0.2) is 0 Å². The number of hydrogen-bond donors (Lipinski definition) is 0. The zero-order valence-corrected chi connectivity index (χ0v) is 30.0. The van der Waals surface area contributed by atoms with Crippen LogP contribution in [0.25, 0.3) is 302 Å². The first kappa shape index (κ1) is 20.3. The quantitative estimate of drug-likeness (QED) is 0.137. The molecule has 0 atom stereocenters. The van der Waals surface area contributed by atoms with E-state index in [-0.39, 0.29) is 6.04 Å². The van der Waals surface area contributed by atoms with Crippen LogP contribution in [0.4, 0.5) is 0 Å². The fourth-order valence-corrected chi connectivity index (χ4v) is 22.6. The van der Waals surface area contributed by atoms with Gasteiger partial charge in [0.05, 0.1) is 17.1 Å². The van der Waals surface area contributed by atoms with Crippen molar-refractivity contribution in [3.63, 3.8) is 0 Å². The predicted octanol–water partition coefficient (Wildman–Crippen LogP) is 16.7. The Bertz CT molecular complexity index is 6350. The van der Waals surface area contributed by atoms with Crippen molar-refractivity contribution >= 4 is 302 Å². The molecule has 0 radical (unpaired) electrons. The first-order valence-electron chi connectivity index (χ1n) is 22.5. The largest absolute Gasteiger partial charge is 0.327 e. The number of benzene rings is 18. The summed E-state index contributed by atoms with van der Waals surface area (Å²) in [7, 11) is 0. The smallest absolute Gasteiger partial charge is 0.0870 e. The van der Waals surface area contributed by atoms with E-state index in [2.05, 4.69) is 4.57 Å². The molecule has 1 aromatic heterocycles. The van der Waals surface area contributed by atoms with Crippen molar-refractivity contribution in [2.75, 3.05) is 0 Å². The highest BCUT2D eigenvalue weighted by Crippen LogP contribution is 2.80. The van der Waals surface area contributed by atoms with Crippen LogP contribution in [0.1, 0.15) is 17.2 Å². The molecular weight excluding hydrogens is 723 g/mol. The Morgan fingerprint density at radius 2 is 0.250 bits per heavy atom. The maximum Gasteiger partial charge on any atom is 0.0870 e. The summed E-state index contributed by atoms with van der Waals surface area (Å²) in [6.45, 7) is 0. The molecule has 0 bridgehead atoms. The van der Waals surface area contributed by atoms with Crippen LogP contribution < -0.4 is 0 Å². The lowest BCUT2D eigenvalue weighted by atomic mass is 9.87. The highest BCUT2D eigenvalue weighted by molar-refractivity contribution is 6.82. The van der Waals surface area contributed by atoms with Gasteiger partial charge in [-0.1, -0.05) is 0 Å². The molecule has 242 valence electrons. The second kappa shape index (κ2) is 4.36. The van der Waals surface area contributed by atoms with E-state index < -0.39 is 0 Å². The third-order valence-electron chi connectivity index (χ3n) is 22.6. The molecule has 0 unspecified atom stereocenters. The minimum absolute atomic E-state index is 0.260. The molecule has 2 aliphatic heterocycles. The van der Waals surface area contributed by atoms with Crippen LogP contribution in [0.5, 0.6) is 0 Å². The molecule has 3 aliphatic rings. The van der Waals surface area contributed by atoms with Gasteiger partial charge in [0.25, 0.3) is 0 Å². The number of rotatable bonds is 0. The molecule has 60 heavy (non-hydrogen) atoms. The van der Waals surface area contributed by atoms with Crippen LogP contribution in [0.3, 0.4) is 0 Å². The molecule has 1 nitrogen and oxygen atoms in total. The summed E-state index contributed by atoms with van der Waals surface area (Å²) in [5.74, 6) is 0. The molecule has 0 saturated heterocycles. The van der Waals surface area contributed by atoms with E-state index in [4.69, 9.17) is 0 Å². The molecule has 0 amide bonds. The molecule has 0 spiro atoms. The van der Waals surface area contributed by atoms with Gasteiger partial charge in [-0.2, -0.15) is 0 Å². The monoisotopic (exact) mass is 723 g/mol. The maximum atomic E-state index is 3.07. The van der Waals surface area contributed by atoms with Crippen LogP contribution in [0, 0.1) is 0 Å². The Hall–Kier alpha value is -7.74. The van der Waals surface area contributed by atoms with Gasteiger partial charge in [0.15, 0.2) is 0 Å². The molecule has 1 heteroatoms. The van der Waals surface area contributed by atoms with Crippen molar-refractivity contribution in [1.29, 1.82) is 0 Å². The lowest BCUT2D eigenvalue weighted by Gasteiger charge is -2.28. The molecule has 29 aromatic rings. The van der Waals surface area contributed by atoms with Gasteiger partial charge in [-0.25, -0.2) is 0 Å². The minimum Gasteiger partial charge on any atom is -0.327 e. The standard InChI is InChI=1S/C59HN/c1-2-5-6-3(1)10-12-8-4(1)7-11-9(2)15-19-17(5)25-26-18(6)20-16(10)24-22(12)30-28-14(8)13(7)27-29-21(11)23(15)37-39-31(19)33(25)47-48-34(26)32(20)40-38(24)44-42(30)46-36(28)35(27)45-41(29)43(37)51-49(39)53(47)57-54(48)50(40)52(44)59-56(46)55(45)58(51)60(57)59/h57H. The molecule has 32 rings (SSSR count). The Morgan fingerprint density at radius 3 is 0.433 bits per heavy atom. The zero-order valence-electron chi connectivity index (χ0n) is 30.0. The van der Waals surface area contributed by atoms with Crippen molar-refractivity contribution in [1.82, 2.24) is 4.57 Å². The lowest BCUT2D eigenvalue weighted by Crippen LogP contribution is -2.15. The SMILES string of the molecule is c12c3c4c5c6c7c8c4c4c9c3c3c%10c1c1c%11c%10c%10c%12c3c9c3c9c4c8c4c8c7c7c%13c%14c8c8c4c9c4c3c%12c3c%10c9c%10c%12c3c4c8c%12c%14c3c%10c(c9%11)c4c(c3%13)c(c67)n(c14)C25. The van der Waals surface area contributed by atoms with Crippen molar-refractivity contribution < 1.29 is 0 Å². The van der Waals surface area contributed by atoms with Crippen LogP contribution in [-0.4, -0.2) is 4.57 Å². The van der Waals surface area contributed by atoms with Gasteiger partial charge in [-0.05, 0) is 124 Å². The molecule has 0 saturated carbocycles. The van der Waals surface area contributed by atoms with E-state index in [1.54, 1.807) is 313 Å². The average Bonchev–Trinajstić information content (AvgIpc) is 4.09. The van der Waals surface area contributed by atoms with Crippen molar-refractivity contribution in [2.24, 2.45) is 0 Å². The van der Waals surface area contributed by atoms with Gasteiger partial charge in [-0.15, -0.1) is 0 Å². The topological polar surface area (TPSA) is 4.93 Å². The summed E-state index contributed by atoms with van der Waals surface area (Å²) in [5, 5.41) is 90.0. The van der Waals surface area contributed by atoms with E-state index in [9.17, 15) is 0 Å². The Labute approximate surface area is 322 Å². The Morgan fingerprint density at radius 1 is 0.133 bits per heavy atom. The second-order valence-electron chi connectivity index (χ2n) is 22.5. The number of aromatic nitrogens is 1. The van der Waals surface area contributed by atoms with Crippen molar-refractivity contribution in [3.8, 4) is 0 Å². The fraction of sp³-hybridized carbons (Fsp3) is 0.0169. The minimum atomic E-state index is 0.260. The van der Waals surface area contributed by atoms with E-state index in [1.165, 1.54) is 0 Å². The van der Waals surface area contributed by atoms with Gasteiger partial charge >= 0.3 is 0 Å². The highest BCUT2D eigenvalue weighted by atomic mass is 15.0. The van der Waals surface area contributed by atoms with Gasteiger partial charge in [0, 0.05) is 178 Å². The Balaban J connectivity index is 1.35. The first-order valence-corrected chi connectivity index (χ1v) is 22.5. The molecule has 28 aromatic carbocycles. The third kappa shape index (κ3) is 0.983. The average molecular weight is 724 g/mol. The van der Waals surface area contributed by atoms with Crippen molar-refractivity contribution in [3.05, 3.63) is 11.1 Å². The van der Waals surface area contributed by atoms with Gasteiger partial charge in [0.2, 0.25) is 0 Å². The summed E-state index contributed by atoms with van der Waals surface area (Å²) in [5.41, 5.74) is 6.67. The summed E-state index contributed by atoms with van der Waals surface area (Å²) in [6, 6.07) is 0.260. The molecule has 1 aliphatic carbocycles. The molecular formula is C59HN. The normalized spacial score (nSPS) is 18.6. The molecule has 0 N–H and O–H groups in total. The van der Waals surface area contributed by atoms with Crippen LogP contribution >= 0.6 is 0 Å². The summed E-state index contributed by atoms with van der Waals surface area (Å²) in [4.78, 5) is 0. The fourth-order valence-electron chi connectivity index (χ4n) is 22.6. The van der Waals surface area contributed by atoms with Gasteiger partial charge < -0.3 is 4.57 Å². The number of nitrogens with zero attached hydrogens (tertiary/aromatic N) is 1. The summed E-state index contributed by atoms with van der Waals surface area (Å²) in [6.07, 6.45) is 0. The number of hydrogen-bond acceptors (Lipinski definition) is 0. The van der Waals surface area contributed by atoms with Gasteiger partial charge in [-0.3, -0.25) is 0 Å². The predicted molar refractivity (Wildman–Crippen MR) is 256 cm³/mol. The maximum absolute atomic E-state index is 3.07. The van der Waals surface area contributed by atoms with Crippen LogP contribution in [-0.2, 0) is 0 Å².